The molecule has 29 heavy (non-hydrogen) atoms. The highest BCUT2D eigenvalue weighted by Gasteiger charge is 2.07. The molecule has 2 aromatic heterocycles. The third kappa shape index (κ3) is 4.08. The first-order chi connectivity index (χ1) is 14.2. The molecule has 0 saturated heterocycles. The largest absolute Gasteiger partial charge is 0.361 e. The number of fused-ring (bicyclic) bond motifs is 2. The summed E-state index contributed by atoms with van der Waals surface area (Å²) in [7, 11) is 1.77. The second-order valence-electron chi connectivity index (χ2n) is 6.98. The minimum absolute atomic E-state index is 0.227. The summed E-state index contributed by atoms with van der Waals surface area (Å²) in [5.74, 6) is 1.54. The van der Waals surface area contributed by atoms with Crippen molar-refractivity contribution in [3.8, 4) is 0 Å². The van der Waals surface area contributed by atoms with Crippen LogP contribution in [0.15, 0.2) is 53.7 Å². The Kier molecular flexibility index (Phi) is 5.46. The van der Waals surface area contributed by atoms with Crippen LogP contribution in [0.4, 0.5) is 4.39 Å². The first-order valence-electron chi connectivity index (χ1n) is 9.77. The first-order valence-corrected chi connectivity index (χ1v) is 9.77. The molecule has 0 fully saturated rings. The molecular weight excluding hydrogens is 367 g/mol. The molecule has 3 N–H and O–H groups in total. The average Bonchev–Trinajstić information content (AvgIpc) is 3.26. The lowest BCUT2D eigenvalue weighted by Crippen LogP contribution is -2.39. The van der Waals surface area contributed by atoms with E-state index in [-0.39, 0.29) is 5.82 Å². The molecule has 0 bridgehead atoms. The Labute approximate surface area is 168 Å². The SMILES string of the molecule is CN=C(NCCc1c[nH]c2cc(F)ccc12)NCCn1c(C)nc2ccccc21. The van der Waals surface area contributed by atoms with Crippen molar-refractivity contribution in [3.63, 3.8) is 0 Å². The van der Waals surface area contributed by atoms with Crippen molar-refractivity contribution in [2.45, 2.75) is 19.9 Å². The van der Waals surface area contributed by atoms with E-state index in [2.05, 4.69) is 36.2 Å². The number of nitrogens with zero attached hydrogens (tertiary/aromatic N) is 3. The number of rotatable bonds is 6. The number of benzene rings is 2. The van der Waals surface area contributed by atoms with Gasteiger partial charge in [0.05, 0.1) is 11.0 Å². The maximum Gasteiger partial charge on any atom is 0.191 e. The summed E-state index contributed by atoms with van der Waals surface area (Å²) in [6.45, 7) is 4.31. The lowest BCUT2D eigenvalue weighted by Gasteiger charge is -2.13. The van der Waals surface area contributed by atoms with Gasteiger partial charge in [0.25, 0.3) is 0 Å². The third-order valence-electron chi connectivity index (χ3n) is 5.11. The van der Waals surface area contributed by atoms with E-state index in [0.29, 0.717) is 0 Å². The highest BCUT2D eigenvalue weighted by atomic mass is 19.1. The Morgan fingerprint density at radius 2 is 2.00 bits per heavy atom. The van der Waals surface area contributed by atoms with E-state index in [1.165, 1.54) is 12.1 Å². The van der Waals surface area contributed by atoms with Crippen LogP contribution in [0.2, 0.25) is 0 Å². The number of guanidine groups is 1. The van der Waals surface area contributed by atoms with E-state index < -0.39 is 0 Å². The fourth-order valence-electron chi connectivity index (χ4n) is 3.67. The van der Waals surface area contributed by atoms with Crippen molar-refractivity contribution < 1.29 is 4.39 Å². The Morgan fingerprint density at radius 1 is 1.17 bits per heavy atom. The number of imidazole rings is 1. The zero-order chi connectivity index (χ0) is 20.2. The van der Waals surface area contributed by atoms with Crippen LogP contribution in [0, 0.1) is 12.7 Å². The van der Waals surface area contributed by atoms with Crippen LogP contribution in [-0.4, -0.2) is 40.6 Å². The molecule has 0 aliphatic heterocycles. The topological polar surface area (TPSA) is 70.0 Å². The third-order valence-corrected chi connectivity index (χ3v) is 5.11. The quantitative estimate of drug-likeness (QED) is 0.348. The van der Waals surface area contributed by atoms with Crippen LogP contribution < -0.4 is 10.6 Å². The molecule has 6 nitrogen and oxygen atoms in total. The Morgan fingerprint density at radius 3 is 2.86 bits per heavy atom. The normalized spacial score (nSPS) is 12.0. The number of aromatic amines is 1. The highest BCUT2D eigenvalue weighted by Crippen LogP contribution is 2.19. The predicted molar refractivity (Wildman–Crippen MR) is 116 cm³/mol. The number of hydrogen-bond acceptors (Lipinski definition) is 2. The predicted octanol–water partition coefficient (Wildman–Crippen LogP) is 3.37. The fraction of sp³-hybridized carbons (Fsp3) is 0.273. The highest BCUT2D eigenvalue weighted by molar-refractivity contribution is 5.83. The molecule has 0 radical (unpaired) electrons. The average molecular weight is 392 g/mol. The molecule has 150 valence electrons. The fourth-order valence-corrected chi connectivity index (χ4v) is 3.67. The van der Waals surface area contributed by atoms with Gasteiger partial charge in [-0.3, -0.25) is 4.99 Å². The molecule has 0 saturated carbocycles. The molecule has 0 unspecified atom stereocenters. The summed E-state index contributed by atoms with van der Waals surface area (Å²) < 4.78 is 15.5. The standard InChI is InChI=1S/C22H25FN6/c1-15-28-19-5-3-4-6-21(19)29(15)12-11-26-22(24-2)25-10-9-16-14-27-20-13-17(23)7-8-18(16)20/h3-8,13-14,27H,9-12H2,1-2H3,(H2,24,25,26). The van der Waals surface area contributed by atoms with Crippen molar-refractivity contribution in [2.24, 2.45) is 4.99 Å². The number of hydrogen-bond donors (Lipinski definition) is 3. The smallest absolute Gasteiger partial charge is 0.191 e. The van der Waals surface area contributed by atoms with Crippen molar-refractivity contribution in [1.82, 2.24) is 25.2 Å². The van der Waals surface area contributed by atoms with E-state index in [1.54, 1.807) is 7.05 Å². The zero-order valence-corrected chi connectivity index (χ0v) is 16.7. The van der Waals surface area contributed by atoms with Gasteiger partial charge in [-0.25, -0.2) is 9.37 Å². The molecule has 4 rings (SSSR count). The number of para-hydroxylation sites is 2. The van der Waals surface area contributed by atoms with Crippen LogP contribution in [0.1, 0.15) is 11.4 Å². The summed E-state index contributed by atoms with van der Waals surface area (Å²) in [6.07, 6.45) is 2.76. The van der Waals surface area contributed by atoms with E-state index in [4.69, 9.17) is 0 Å². The maximum atomic E-state index is 13.3. The first kappa shape index (κ1) is 19.0. The lowest BCUT2D eigenvalue weighted by atomic mass is 10.1. The molecule has 0 aliphatic carbocycles. The minimum atomic E-state index is -0.227. The second kappa shape index (κ2) is 8.34. The summed E-state index contributed by atoms with van der Waals surface area (Å²) in [5.41, 5.74) is 4.14. The van der Waals surface area contributed by atoms with Gasteiger partial charge in [0.2, 0.25) is 0 Å². The van der Waals surface area contributed by atoms with Crippen LogP contribution in [0.3, 0.4) is 0 Å². The van der Waals surface area contributed by atoms with Gasteiger partial charge < -0.3 is 20.2 Å². The molecule has 0 amide bonds. The number of aryl methyl sites for hydroxylation is 1. The summed E-state index contributed by atoms with van der Waals surface area (Å²) in [6, 6.07) is 13.0. The Bertz CT molecular complexity index is 1160. The summed E-state index contributed by atoms with van der Waals surface area (Å²) in [4.78, 5) is 12.0. The van der Waals surface area contributed by atoms with Crippen LogP contribution in [0.25, 0.3) is 21.9 Å². The minimum Gasteiger partial charge on any atom is -0.361 e. The molecule has 0 spiro atoms. The Hall–Kier alpha value is -3.35. The van der Waals surface area contributed by atoms with E-state index in [9.17, 15) is 4.39 Å². The monoisotopic (exact) mass is 392 g/mol. The van der Waals surface area contributed by atoms with Gasteiger partial charge in [0.15, 0.2) is 5.96 Å². The van der Waals surface area contributed by atoms with E-state index >= 15 is 0 Å². The van der Waals surface area contributed by atoms with Crippen molar-refractivity contribution in [3.05, 3.63) is 65.9 Å². The van der Waals surface area contributed by atoms with Gasteiger partial charge in [0.1, 0.15) is 11.6 Å². The molecule has 0 aliphatic rings. The van der Waals surface area contributed by atoms with Crippen LogP contribution in [-0.2, 0) is 13.0 Å². The van der Waals surface area contributed by atoms with Crippen LogP contribution in [0.5, 0.6) is 0 Å². The van der Waals surface area contributed by atoms with Gasteiger partial charge in [-0.2, -0.15) is 0 Å². The molecule has 7 heteroatoms. The molecular formula is C22H25FN6. The summed E-state index contributed by atoms with van der Waals surface area (Å²) in [5, 5.41) is 7.75. The van der Waals surface area contributed by atoms with E-state index in [1.807, 2.05) is 37.4 Å². The Balaban J connectivity index is 1.30. The lowest BCUT2D eigenvalue weighted by molar-refractivity contribution is 0.629. The molecule has 4 aromatic rings. The van der Waals surface area contributed by atoms with Crippen LogP contribution >= 0.6 is 0 Å². The number of H-pyrrole nitrogens is 1. The maximum absolute atomic E-state index is 13.3. The van der Waals surface area contributed by atoms with Crippen molar-refractivity contribution in [1.29, 1.82) is 0 Å². The van der Waals surface area contributed by atoms with Gasteiger partial charge in [0, 0.05) is 43.8 Å². The molecule has 0 atom stereocenters. The molecule has 2 aromatic carbocycles. The number of aromatic nitrogens is 3. The van der Waals surface area contributed by atoms with Gasteiger partial charge >= 0.3 is 0 Å². The molecule has 2 heterocycles. The number of halogens is 1. The van der Waals surface area contributed by atoms with E-state index in [0.717, 1.165) is 65.3 Å². The van der Waals surface area contributed by atoms with Gasteiger partial charge in [-0.15, -0.1) is 0 Å². The van der Waals surface area contributed by atoms with Gasteiger partial charge in [-0.05, 0) is 49.2 Å². The van der Waals surface area contributed by atoms with Crippen molar-refractivity contribution >= 4 is 27.9 Å². The second-order valence-corrected chi connectivity index (χ2v) is 6.98. The number of aliphatic imine (C=N–C) groups is 1. The summed E-state index contributed by atoms with van der Waals surface area (Å²) >= 11 is 0. The van der Waals surface area contributed by atoms with Gasteiger partial charge in [-0.1, -0.05) is 12.1 Å². The van der Waals surface area contributed by atoms with Crippen molar-refractivity contribution in [2.75, 3.05) is 20.1 Å². The number of nitrogens with one attached hydrogen (secondary N) is 3. The zero-order valence-electron chi connectivity index (χ0n) is 16.7.